The number of furan rings is 1. The molecule has 0 atom stereocenters. The smallest absolute Gasteiger partial charge is 0.0952 e. The van der Waals surface area contributed by atoms with E-state index in [1.165, 1.54) is 0 Å². The van der Waals surface area contributed by atoms with Gasteiger partial charge in [0.25, 0.3) is 0 Å². The Morgan fingerprint density at radius 2 is 2.20 bits per heavy atom. The van der Waals surface area contributed by atoms with Crippen molar-refractivity contribution in [3.8, 4) is 0 Å². The van der Waals surface area contributed by atoms with Crippen LogP contribution in [-0.2, 0) is 6.54 Å². The van der Waals surface area contributed by atoms with Gasteiger partial charge in [0.1, 0.15) is 0 Å². The van der Waals surface area contributed by atoms with Crippen molar-refractivity contribution in [2.45, 2.75) is 6.54 Å². The minimum Gasteiger partial charge on any atom is -0.472 e. The maximum atomic E-state index is 5.84. The topological polar surface area (TPSA) is 51.2 Å². The maximum Gasteiger partial charge on any atom is 0.0952 e. The molecule has 1 aromatic carbocycles. The number of anilines is 2. The molecule has 0 spiro atoms. The summed E-state index contributed by atoms with van der Waals surface area (Å²) in [5, 5.41) is 3.24. The van der Waals surface area contributed by atoms with Crippen molar-refractivity contribution in [2.75, 3.05) is 11.1 Å². The van der Waals surface area contributed by atoms with Crippen molar-refractivity contribution in [3.63, 3.8) is 0 Å². The molecule has 0 aliphatic heterocycles. The Morgan fingerprint density at radius 1 is 1.33 bits per heavy atom. The monoisotopic (exact) mass is 266 g/mol. The van der Waals surface area contributed by atoms with E-state index in [9.17, 15) is 0 Å². The molecule has 0 aliphatic carbocycles. The van der Waals surface area contributed by atoms with Gasteiger partial charge in [-0.05, 0) is 24.3 Å². The largest absolute Gasteiger partial charge is 0.472 e. The van der Waals surface area contributed by atoms with Crippen LogP contribution < -0.4 is 11.1 Å². The highest BCUT2D eigenvalue weighted by molar-refractivity contribution is 9.10. The molecule has 1 heterocycles. The lowest BCUT2D eigenvalue weighted by atomic mass is 10.2. The van der Waals surface area contributed by atoms with E-state index in [2.05, 4.69) is 21.2 Å². The second-order valence-corrected chi connectivity index (χ2v) is 4.13. The van der Waals surface area contributed by atoms with Crippen LogP contribution in [0.5, 0.6) is 0 Å². The number of nitrogens with one attached hydrogen (secondary N) is 1. The molecule has 0 unspecified atom stereocenters. The molecule has 0 fully saturated rings. The third-order valence-electron chi connectivity index (χ3n) is 2.08. The average molecular weight is 267 g/mol. The Balaban J connectivity index is 2.05. The summed E-state index contributed by atoms with van der Waals surface area (Å²) >= 11 is 3.36. The molecule has 15 heavy (non-hydrogen) atoms. The van der Waals surface area contributed by atoms with Crippen LogP contribution in [0.15, 0.2) is 45.7 Å². The lowest BCUT2D eigenvalue weighted by molar-refractivity contribution is 0.564. The normalized spacial score (nSPS) is 10.2. The van der Waals surface area contributed by atoms with Crippen molar-refractivity contribution in [1.29, 1.82) is 0 Å². The molecule has 3 nitrogen and oxygen atoms in total. The lowest BCUT2D eigenvalue weighted by Gasteiger charge is -2.08. The van der Waals surface area contributed by atoms with E-state index in [1.54, 1.807) is 12.5 Å². The molecular weight excluding hydrogens is 256 g/mol. The molecule has 2 aromatic rings. The summed E-state index contributed by atoms with van der Waals surface area (Å²) in [4.78, 5) is 0. The molecule has 4 heteroatoms. The lowest BCUT2D eigenvalue weighted by Crippen LogP contribution is -2.01. The molecule has 78 valence electrons. The maximum absolute atomic E-state index is 5.84. The van der Waals surface area contributed by atoms with E-state index in [-0.39, 0.29) is 0 Å². The van der Waals surface area contributed by atoms with Gasteiger partial charge in [0.05, 0.1) is 23.9 Å². The first-order valence-electron chi connectivity index (χ1n) is 4.55. The van der Waals surface area contributed by atoms with Gasteiger partial charge in [-0.15, -0.1) is 0 Å². The van der Waals surface area contributed by atoms with Gasteiger partial charge in [0.15, 0.2) is 0 Å². The minimum absolute atomic E-state index is 0.711. The quantitative estimate of drug-likeness (QED) is 0.839. The third-order valence-corrected chi connectivity index (χ3v) is 2.57. The fraction of sp³-hybridized carbons (Fsp3) is 0.0909. The number of halogens is 1. The number of nitrogen functional groups attached to an aromatic ring is 1. The first-order valence-corrected chi connectivity index (χ1v) is 5.35. The van der Waals surface area contributed by atoms with E-state index in [1.807, 2.05) is 24.3 Å². The predicted molar refractivity (Wildman–Crippen MR) is 64.6 cm³/mol. The molecule has 0 saturated carbocycles. The van der Waals surface area contributed by atoms with Crippen molar-refractivity contribution in [1.82, 2.24) is 0 Å². The van der Waals surface area contributed by atoms with Gasteiger partial charge in [-0.25, -0.2) is 0 Å². The summed E-state index contributed by atoms with van der Waals surface area (Å²) in [6.07, 6.45) is 3.37. The summed E-state index contributed by atoms with van der Waals surface area (Å²) in [5.41, 5.74) is 8.60. The third kappa shape index (κ3) is 2.53. The first-order chi connectivity index (χ1) is 7.25. The van der Waals surface area contributed by atoms with Crippen LogP contribution in [-0.4, -0.2) is 0 Å². The van der Waals surface area contributed by atoms with Gasteiger partial charge in [0, 0.05) is 16.6 Å². The van der Waals surface area contributed by atoms with Crippen molar-refractivity contribution in [3.05, 3.63) is 46.8 Å². The van der Waals surface area contributed by atoms with Crippen LogP contribution in [0.2, 0.25) is 0 Å². The van der Waals surface area contributed by atoms with E-state index in [0.717, 1.165) is 21.4 Å². The molecule has 1 aromatic heterocycles. The van der Waals surface area contributed by atoms with Crippen LogP contribution in [0.25, 0.3) is 0 Å². The number of hydrogen-bond donors (Lipinski definition) is 2. The Labute approximate surface area is 96.4 Å². The van der Waals surface area contributed by atoms with Crippen molar-refractivity contribution >= 4 is 27.3 Å². The average Bonchev–Trinajstić information content (AvgIpc) is 2.69. The molecule has 0 aliphatic rings. The zero-order chi connectivity index (χ0) is 10.7. The van der Waals surface area contributed by atoms with Crippen LogP contribution in [0.3, 0.4) is 0 Å². The number of hydrogen-bond acceptors (Lipinski definition) is 3. The fourth-order valence-electron chi connectivity index (χ4n) is 1.29. The summed E-state index contributed by atoms with van der Waals surface area (Å²) in [6, 6.07) is 7.69. The molecule has 2 rings (SSSR count). The van der Waals surface area contributed by atoms with Gasteiger partial charge in [-0.2, -0.15) is 0 Å². The highest BCUT2D eigenvalue weighted by atomic mass is 79.9. The standard InChI is InChI=1S/C11H11BrN2O/c12-9-1-2-11(10(13)5-9)14-6-8-3-4-15-7-8/h1-5,7,14H,6,13H2. The summed E-state index contributed by atoms with van der Waals surface area (Å²) < 4.78 is 5.95. The number of nitrogens with two attached hydrogens (primary N) is 1. The molecule has 0 saturated heterocycles. The van der Waals surface area contributed by atoms with Crippen LogP contribution >= 0.6 is 15.9 Å². The summed E-state index contributed by atoms with van der Waals surface area (Å²) in [5.74, 6) is 0. The van der Waals surface area contributed by atoms with E-state index in [4.69, 9.17) is 10.2 Å². The van der Waals surface area contributed by atoms with E-state index in [0.29, 0.717) is 6.54 Å². The Morgan fingerprint density at radius 3 is 2.87 bits per heavy atom. The second kappa shape index (κ2) is 4.40. The Bertz CT molecular complexity index is 440. The fourth-order valence-corrected chi connectivity index (χ4v) is 1.66. The molecule has 3 N–H and O–H groups in total. The van der Waals surface area contributed by atoms with Gasteiger partial charge in [0.2, 0.25) is 0 Å². The van der Waals surface area contributed by atoms with Crippen LogP contribution in [0.4, 0.5) is 11.4 Å². The van der Waals surface area contributed by atoms with Gasteiger partial charge >= 0.3 is 0 Å². The number of rotatable bonds is 3. The molecule has 0 radical (unpaired) electrons. The predicted octanol–water partition coefficient (Wildman–Crippen LogP) is 3.24. The Hall–Kier alpha value is -1.42. The SMILES string of the molecule is Nc1cc(Br)ccc1NCc1ccoc1. The van der Waals surface area contributed by atoms with E-state index >= 15 is 0 Å². The number of benzene rings is 1. The highest BCUT2D eigenvalue weighted by Gasteiger charge is 1.99. The summed E-state index contributed by atoms with van der Waals surface area (Å²) in [7, 11) is 0. The Kier molecular flexibility index (Phi) is 2.97. The summed E-state index contributed by atoms with van der Waals surface area (Å²) in [6.45, 7) is 0.711. The van der Waals surface area contributed by atoms with Gasteiger partial charge in [-0.1, -0.05) is 15.9 Å². The second-order valence-electron chi connectivity index (χ2n) is 3.22. The molecular formula is C11H11BrN2O. The first kappa shape index (κ1) is 10.1. The van der Waals surface area contributed by atoms with Gasteiger partial charge in [-0.3, -0.25) is 0 Å². The van der Waals surface area contributed by atoms with Crippen molar-refractivity contribution in [2.24, 2.45) is 0 Å². The van der Waals surface area contributed by atoms with Crippen LogP contribution in [0, 0.1) is 0 Å². The highest BCUT2D eigenvalue weighted by Crippen LogP contribution is 2.23. The zero-order valence-corrected chi connectivity index (χ0v) is 9.62. The van der Waals surface area contributed by atoms with Crippen LogP contribution in [0.1, 0.15) is 5.56 Å². The zero-order valence-electron chi connectivity index (χ0n) is 8.03. The molecule has 0 amide bonds. The minimum atomic E-state index is 0.711. The van der Waals surface area contributed by atoms with Gasteiger partial charge < -0.3 is 15.5 Å². The molecule has 0 bridgehead atoms. The van der Waals surface area contributed by atoms with Crippen molar-refractivity contribution < 1.29 is 4.42 Å². The van der Waals surface area contributed by atoms with E-state index < -0.39 is 0 Å².